The van der Waals surface area contributed by atoms with E-state index in [1.165, 1.54) is 18.2 Å². The first-order chi connectivity index (χ1) is 13.4. The van der Waals surface area contributed by atoms with E-state index in [0.717, 1.165) is 5.56 Å². The summed E-state index contributed by atoms with van der Waals surface area (Å²) in [6.45, 7) is 0. The highest BCUT2D eigenvalue weighted by molar-refractivity contribution is 5.95. The smallest absolute Gasteiger partial charge is 0.251 e. The summed E-state index contributed by atoms with van der Waals surface area (Å²) in [5, 5.41) is 24.7. The predicted octanol–water partition coefficient (Wildman–Crippen LogP) is 1.81. The maximum Gasteiger partial charge on any atom is 0.251 e. The van der Waals surface area contributed by atoms with Crippen LogP contribution >= 0.6 is 0 Å². The number of phenolic OH excluding ortho intramolecular Hbond substituents is 1. The topological polar surface area (TPSA) is 115 Å². The minimum atomic E-state index is -0.281. The molecule has 3 N–H and O–H groups in total. The second-order valence-electron chi connectivity index (χ2n) is 7.80. The number of benzene rings is 1. The number of aromatic nitrogens is 1. The first kappa shape index (κ1) is 18.0. The minimum Gasteiger partial charge on any atom is -0.507 e. The van der Waals surface area contributed by atoms with Crippen LogP contribution in [0.4, 0.5) is 0 Å². The molecular formula is C21H20N4O3. The van der Waals surface area contributed by atoms with Gasteiger partial charge in [0.05, 0.1) is 5.56 Å². The molecule has 3 aliphatic rings. The summed E-state index contributed by atoms with van der Waals surface area (Å²) in [4.78, 5) is 28.7. The number of carbonyl (C=O) groups is 2. The number of nitrogens with one attached hydrogen (secondary N) is 2. The van der Waals surface area contributed by atoms with Crippen LogP contribution in [0.5, 0.6) is 5.75 Å². The molecule has 142 valence electrons. The molecule has 5 rings (SSSR count). The number of nitriles is 1. The number of aryl methyl sites for hydroxylation is 1. The molecule has 7 nitrogen and oxygen atoms in total. The van der Waals surface area contributed by atoms with Gasteiger partial charge in [-0.1, -0.05) is 6.07 Å². The molecule has 28 heavy (non-hydrogen) atoms. The second kappa shape index (κ2) is 6.64. The van der Waals surface area contributed by atoms with Gasteiger partial charge in [-0.3, -0.25) is 14.6 Å². The van der Waals surface area contributed by atoms with Crippen LogP contribution in [0.1, 0.15) is 47.2 Å². The second-order valence-corrected chi connectivity index (χ2v) is 7.80. The van der Waals surface area contributed by atoms with Crippen LogP contribution in [0.25, 0.3) is 0 Å². The minimum absolute atomic E-state index is 0.0143. The van der Waals surface area contributed by atoms with Gasteiger partial charge in [0.15, 0.2) is 0 Å². The Kier molecular flexibility index (Phi) is 4.27. The highest BCUT2D eigenvalue weighted by Crippen LogP contribution is 2.60. The molecule has 0 aliphatic heterocycles. The SMILES string of the molecule is N#Cc1ccc(C(=O)NC23CC(NC(=O)CCc4cccnc4)(C2)C3)cc1O. The predicted molar refractivity (Wildman–Crippen MR) is 100 cm³/mol. The van der Waals surface area contributed by atoms with Gasteiger partial charge in [-0.25, -0.2) is 0 Å². The molecule has 3 saturated carbocycles. The zero-order chi connectivity index (χ0) is 19.8. The standard InChI is InChI=1S/C21H20N4O3/c22-9-16-5-4-15(8-17(16)26)19(28)25-21-11-20(12-21,13-21)24-18(27)6-3-14-2-1-7-23-10-14/h1-2,4-5,7-8,10,26H,3,6,11-13H2,(H,24,27)(H,25,28). The molecule has 2 amide bonds. The van der Waals surface area contributed by atoms with Crippen molar-refractivity contribution in [3.8, 4) is 11.8 Å². The molecule has 0 saturated heterocycles. The summed E-state index contributed by atoms with van der Waals surface area (Å²) in [5.41, 5.74) is 0.999. The zero-order valence-electron chi connectivity index (χ0n) is 15.2. The van der Waals surface area contributed by atoms with Crippen LogP contribution in [0.2, 0.25) is 0 Å². The number of rotatable bonds is 6. The first-order valence-electron chi connectivity index (χ1n) is 9.18. The summed E-state index contributed by atoms with van der Waals surface area (Å²) in [6, 6.07) is 9.92. The summed E-state index contributed by atoms with van der Waals surface area (Å²) >= 11 is 0. The van der Waals surface area contributed by atoms with Crippen molar-refractivity contribution in [2.45, 2.75) is 43.2 Å². The fourth-order valence-electron chi connectivity index (χ4n) is 4.30. The average Bonchev–Trinajstić information content (AvgIpc) is 2.64. The number of amides is 2. The highest BCUT2D eigenvalue weighted by Gasteiger charge is 2.69. The maximum absolute atomic E-state index is 12.4. The number of nitrogens with zero attached hydrogens (tertiary/aromatic N) is 2. The molecule has 3 aliphatic carbocycles. The van der Waals surface area contributed by atoms with Crippen molar-refractivity contribution in [2.75, 3.05) is 0 Å². The fraction of sp³-hybridized carbons (Fsp3) is 0.333. The number of carbonyl (C=O) groups excluding carboxylic acids is 2. The van der Waals surface area contributed by atoms with Crippen molar-refractivity contribution >= 4 is 11.8 Å². The monoisotopic (exact) mass is 376 g/mol. The van der Waals surface area contributed by atoms with E-state index in [0.29, 0.717) is 37.7 Å². The lowest BCUT2D eigenvalue weighted by Crippen LogP contribution is -2.83. The van der Waals surface area contributed by atoms with Gasteiger partial charge in [0.25, 0.3) is 5.91 Å². The molecule has 0 radical (unpaired) electrons. The van der Waals surface area contributed by atoms with Crippen molar-refractivity contribution in [1.29, 1.82) is 5.26 Å². The Balaban J connectivity index is 1.26. The molecule has 0 unspecified atom stereocenters. The number of phenols is 1. The Bertz CT molecular complexity index is 961. The van der Waals surface area contributed by atoms with E-state index in [-0.39, 0.29) is 34.2 Å². The van der Waals surface area contributed by atoms with Crippen molar-refractivity contribution < 1.29 is 14.7 Å². The third-order valence-corrected chi connectivity index (χ3v) is 5.56. The van der Waals surface area contributed by atoms with Gasteiger partial charge in [-0.15, -0.1) is 0 Å². The van der Waals surface area contributed by atoms with Gasteiger partial charge in [-0.05, 0) is 55.5 Å². The van der Waals surface area contributed by atoms with Crippen LogP contribution in [-0.4, -0.2) is 33.0 Å². The Morgan fingerprint density at radius 3 is 2.57 bits per heavy atom. The Hall–Kier alpha value is -3.40. The maximum atomic E-state index is 12.4. The van der Waals surface area contributed by atoms with E-state index < -0.39 is 0 Å². The highest BCUT2D eigenvalue weighted by atomic mass is 16.3. The van der Waals surface area contributed by atoms with Crippen molar-refractivity contribution in [2.24, 2.45) is 0 Å². The van der Waals surface area contributed by atoms with Crippen LogP contribution in [0.3, 0.4) is 0 Å². The van der Waals surface area contributed by atoms with Crippen molar-refractivity contribution in [3.05, 3.63) is 59.4 Å². The largest absolute Gasteiger partial charge is 0.507 e. The molecule has 1 aromatic carbocycles. The first-order valence-corrected chi connectivity index (χ1v) is 9.18. The summed E-state index contributed by atoms with van der Waals surface area (Å²) in [7, 11) is 0. The molecule has 2 bridgehead atoms. The zero-order valence-corrected chi connectivity index (χ0v) is 15.2. The summed E-state index contributed by atoms with van der Waals surface area (Å²) in [5.74, 6) is -0.471. The molecular weight excluding hydrogens is 356 g/mol. The van der Waals surface area contributed by atoms with E-state index in [1.54, 1.807) is 12.4 Å². The van der Waals surface area contributed by atoms with E-state index >= 15 is 0 Å². The number of pyridine rings is 1. The van der Waals surface area contributed by atoms with E-state index in [2.05, 4.69) is 15.6 Å². The van der Waals surface area contributed by atoms with E-state index in [9.17, 15) is 14.7 Å². The van der Waals surface area contributed by atoms with Crippen LogP contribution < -0.4 is 10.6 Å². The van der Waals surface area contributed by atoms with Gasteiger partial charge in [-0.2, -0.15) is 5.26 Å². The molecule has 3 fully saturated rings. The van der Waals surface area contributed by atoms with Gasteiger partial charge in [0.1, 0.15) is 11.8 Å². The van der Waals surface area contributed by atoms with Crippen LogP contribution in [-0.2, 0) is 11.2 Å². The average molecular weight is 376 g/mol. The molecule has 0 spiro atoms. The summed E-state index contributed by atoms with van der Waals surface area (Å²) < 4.78 is 0. The fourth-order valence-corrected chi connectivity index (χ4v) is 4.30. The number of hydrogen-bond donors (Lipinski definition) is 3. The third-order valence-electron chi connectivity index (χ3n) is 5.56. The van der Waals surface area contributed by atoms with E-state index in [4.69, 9.17) is 5.26 Å². The van der Waals surface area contributed by atoms with Gasteiger partial charge < -0.3 is 15.7 Å². The summed E-state index contributed by atoms with van der Waals surface area (Å²) in [6.07, 6.45) is 6.68. The Labute approximate surface area is 162 Å². The molecule has 1 aromatic heterocycles. The molecule has 1 heterocycles. The quantitative estimate of drug-likeness (QED) is 0.711. The molecule has 7 heteroatoms. The van der Waals surface area contributed by atoms with Crippen LogP contribution in [0, 0.1) is 11.3 Å². The number of aromatic hydroxyl groups is 1. The lowest BCUT2D eigenvalue weighted by Gasteiger charge is -2.70. The van der Waals surface area contributed by atoms with Crippen LogP contribution in [0.15, 0.2) is 42.7 Å². The van der Waals surface area contributed by atoms with Gasteiger partial charge >= 0.3 is 0 Å². The molecule has 2 aromatic rings. The Morgan fingerprint density at radius 2 is 1.93 bits per heavy atom. The lowest BCUT2D eigenvalue weighted by atomic mass is 9.44. The number of hydrogen-bond acceptors (Lipinski definition) is 5. The van der Waals surface area contributed by atoms with Gasteiger partial charge in [0, 0.05) is 35.5 Å². The molecule has 0 atom stereocenters. The van der Waals surface area contributed by atoms with Crippen molar-refractivity contribution in [3.63, 3.8) is 0 Å². The Morgan fingerprint density at radius 1 is 1.18 bits per heavy atom. The van der Waals surface area contributed by atoms with E-state index in [1.807, 2.05) is 18.2 Å². The lowest BCUT2D eigenvalue weighted by molar-refractivity contribution is -0.139. The normalized spacial score (nSPS) is 24.2. The third kappa shape index (κ3) is 3.29. The van der Waals surface area contributed by atoms with Crippen molar-refractivity contribution in [1.82, 2.24) is 15.6 Å². The van der Waals surface area contributed by atoms with Gasteiger partial charge in [0.2, 0.25) is 5.91 Å².